The van der Waals surface area contributed by atoms with Crippen molar-refractivity contribution in [3.8, 4) is 11.5 Å². The Balaban J connectivity index is 2.48. The van der Waals surface area contributed by atoms with Crippen molar-refractivity contribution < 1.29 is 19.0 Å². The van der Waals surface area contributed by atoms with Gasteiger partial charge in [-0.1, -0.05) is 6.07 Å². The maximum absolute atomic E-state index is 11.6. The van der Waals surface area contributed by atoms with E-state index in [1.54, 1.807) is 14.2 Å². The average molecular weight is 280 g/mol. The fourth-order valence-electron chi connectivity index (χ4n) is 1.87. The van der Waals surface area contributed by atoms with Gasteiger partial charge in [-0.2, -0.15) is 0 Å². The van der Waals surface area contributed by atoms with Gasteiger partial charge in [0, 0.05) is 6.42 Å². The second-order valence-corrected chi connectivity index (χ2v) is 5.63. The number of carbonyl (C=O) groups excluding carboxylic acids is 1. The number of carbonyl (C=O) groups is 1. The van der Waals surface area contributed by atoms with Crippen molar-refractivity contribution in [3.63, 3.8) is 0 Å². The number of esters is 1. The van der Waals surface area contributed by atoms with Crippen LogP contribution in [0.3, 0.4) is 0 Å². The van der Waals surface area contributed by atoms with Gasteiger partial charge < -0.3 is 14.2 Å². The predicted molar refractivity (Wildman–Crippen MR) is 78.3 cm³/mol. The molecular formula is C16H24O4. The summed E-state index contributed by atoms with van der Waals surface area (Å²) in [4.78, 5) is 11.6. The predicted octanol–water partition coefficient (Wildman–Crippen LogP) is 3.37. The monoisotopic (exact) mass is 280 g/mol. The fraction of sp³-hybridized carbons (Fsp3) is 0.562. The molecule has 0 bridgehead atoms. The summed E-state index contributed by atoms with van der Waals surface area (Å²) in [6.45, 7) is 5.62. The molecule has 1 aromatic carbocycles. The Bertz CT molecular complexity index is 446. The zero-order valence-electron chi connectivity index (χ0n) is 13.0. The molecule has 4 heteroatoms. The van der Waals surface area contributed by atoms with E-state index in [1.807, 2.05) is 39.0 Å². The van der Waals surface area contributed by atoms with Gasteiger partial charge in [0.15, 0.2) is 11.5 Å². The fourth-order valence-corrected chi connectivity index (χ4v) is 1.87. The summed E-state index contributed by atoms with van der Waals surface area (Å²) < 4.78 is 15.7. The Labute approximate surface area is 121 Å². The lowest BCUT2D eigenvalue weighted by molar-refractivity contribution is -0.154. The highest BCUT2D eigenvalue weighted by Gasteiger charge is 2.15. The van der Waals surface area contributed by atoms with Crippen LogP contribution in [-0.4, -0.2) is 25.8 Å². The summed E-state index contributed by atoms with van der Waals surface area (Å²) >= 11 is 0. The minimum atomic E-state index is -0.416. The molecule has 20 heavy (non-hydrogen) atoms. The molecule has 0 aliphatic carbocycles. The van der Waals surface area contributed by atoms with Gasteiger partial charge in [0.1, 0.15) is 5.60 Å². The highest BCUT2D eigenvalue weighted by molar-refractivity contribution is 5.69. The molecule has 0 aromatic heterocycles. The molecule has 0 N–H and O–H groups in total. The van der Waals surface area contributed by atoms with E-state index in [-0.39, 0.29) is 5.97 Å². The van der Waals surface area contributed by atoms with E-state index < -0.39 is 5.60 Å². The van der Waals surface area contributed by atoms with E-state index in [0.29, 0.717) is 17.9 Å². The van der Waals surface area contributed by atoms with Crippen LogP contribution >= 0.6 is 0 Å². The van der Waals surface area contributed by atoms with E-state index in [0.717, 1.165) is 18.4 Å². The molecule has 0 saturated heterocycles. The first-order valence-corrected chi connectivity index (χ1v) is 6.78. The molecule has 112 valence electrons. The highest BCUT2D eigenvalue weighted by atomic mass is 16.6. The van der Waals surface area contributed by atoms with Crippen LogP contribution < -0.4 is 9.47 Å². The summed E-state index contributed by atoms with van der Waals surface area (Å²) in [7, 11) is 3.22. The summed E-state index contributed by atoms with van der Waals surface area (Å²) in [5, 5.41) is 0. The van der Waals surface area contributed by atoms with Gasteiger partial charge in [-0.15, -0.1) is 0 Å². The summed E-state index contributed by atoms with van der Waals surface area (Å²) in [5.74, 6) is 1.27. The van der Waals surface area contributed by atoms with Crippen LogP contribution in [-0.2, 0) is 16.0 Å². The standard InChI is InChI=1S/C16H24O4/c1-16(2,3)20-15(17)8-6-7-12-9-10-13(18-4)14(11-12)19-5/h9-11H,6-8H2,1-5H3. The molecule has 0 aliphatic rings. The number of hydrogen-bond donors (Lipinski definition) is 0. The van der Waals surface area contributed by atoms with Gasteiger partial charge in [-0.3, -0.25) is 4.79 Å². The highest BCUT2D eigenvalue weighted by Crippen LogP contribution is 2.28. The Morgan fingerprint density at radius 3 is 2.30 bits per heavy atom. The molecule has 0 atom stereocenters. The maximum Gasteiger partial charge on any atom is 0.306 e. The number of benzene rings is 1. The van der Waals surface area contributed by atoms with E-state index in [4.69, 9.17) is 14.2 Å². The van der Waals surface area contributed by atoms with E-state index in [1.165, 1.54) is 0 Å². The van der Waals surface area contributed by atoms with Crippen LogP contribution in [0.1, 0.15) is 39.2 Å². The molecule has 4 nitrogen and oxygen atoms in total. The smallest absolute Gasteiger partial charge is 0.306 e. The third-order valence-electron chi connectivity index (χ3n) is 2.71. The van der Waals surface area contributed by atoms with Gasteiger partial charge in [-0.05, 0) is 51.3 Å². The summed E-state index contributed by atoms with van der Waals surface area (Å²) in [5.41, 5.74) is 0.701. The molecule has 1 aromatic rings. The van der Waals surface area contributed by atoms with Crippen molar-refractivity contribution >= 4 is 5.97 Å². The van der Waals surface area contributed by atoms with Gasteiger partial charge in [0.25, 0.3) is 0 Å². The zero-order chi connectivity index (χ0) is 15.2. The van der Waals surface area contributed by atoms with Crippen LogP contribution in [0.5, 0.6) is 11.5 Å². The van der Waals surface area contributed by atoms with Crippen LogP contribution in [0.2, 0.25) is 0 Å². The molecule has 0 amide bonds. The number of rotatable bonds is 6. The molecule has 0 saturated carbocycles. The number of methoxy groups -OCH3 is 2. The molecule has 0 heterocycles. The van der Waals surface area contributed by atoms with Crippen molar-refractivity contribution in [1.82, 2.24) is 0 Å². The molecule has 0 radical (unpaired) electrons. The minimum absolute atomic E-state index is 0.155. The number of hydrogen-bond acceptors (Lipinski definition) is 4. The van der Waals surface area contributed by atoms with E-state index >= 15 is 0 Å². The Morgan fingerprint density at radius 2 is 1.75 bits per heavy atom. The van der Waals surface area contributed by atoms with Crippen LogP contribution in [0, 0.1) is 0 Å². The first-order valence-electron chi connectivity index (χ1n) is 6.78. The Kier molecular flexibility index (Phi) is 5.86. The molecule has 0 fully saturated rings. The minimum Gasteiger partial charge on any atom is -0.493 e. The summed E-state index contributed by atoms with van der Waals surface area (Å²) in [6, 6.07) is 5.80. The maximum atomic E-state index is 11.6. The topological polar surface area (TPSA) is 44.8 Å². The van der Waals surface area contributed by atoms with Crippen molar-refractivity contribution in [2.24, 2.45) is 0 Å². The van der Waals surface area contributed by atoms with Gasteiger partial charge >= 0.3 is 5.97 Å². The van der Waals surface area contributed by atoms with Crippen LogP contribution in [0.25, 0.3) is 0 Å². The van der Waals surface area contributed by atoms with Crippen molar-refractivity contribution in [1.29, 1.82) is 0 Å². The SMILES string of the molecule is COc1ccc(CCCC(=O)OC(C)(C)C)cc1OC. The Hall–Kier alpha value is -1.71. The second-order valence-electron chi connectivity index (χ2n) is 5.63. The summed E-state index contributed by atoms with van der Waals surface area (Å²) in [6.07, 6.45) is 1.98. The first kappa shape index (κ1) is 16.3. The van der Waals surface area contributed by atoms with Crippen LogP contribution in [0.4, 0.5) is 0 Å². The zero-order valence-corrected chi connectivity index (χ0v) is 13.0. The lowest BCUT2D eigenvalue weighted by Crippen LogP contribution is -2.23. The van der Waals surface area contributed by atoms with Crippen LogP contribution in [0.15, 0.2) is 18.2 Å². The van der Waals surface area contributed by atoms with E-state index in [9.17, 15) is 4.79 Å². The van der Waals surface area contributed by atoms with Crippen molar-refractivity contribution in [2.45, 2.75) is 45.6 Å². The molecular weight excluding hydrogens is 256 g/mol. The number of ether oxygens (including phenoxy) is 3. The average Bonchev–Trinajstić information content (AvgIpc) is 2.36. The third-order valence-corrected chi connectivity index (χ3v) is 2.71. The Morgan fingerprint density at radius 1 is 1.10 bits per heavy atom. The second kappa shape index (κ2) is 7.17. The normalized spacial score (nSPS) is 11.1. The molecule has 0 aliphatic heterocycles. The quantitative estimate of drug-likeness (QED) is 0.749. The van der Waals surface area contributed by atoms with Crippen molar-refractivity contribution in [2.75, 3.05) is 14.2 Å². The number of aryl methyl sites for hydroxylation is 1. The van der Waals surface area contributed by atoms with Gasteiger partial charge in [-0.25, -0.2) is 0 Å². The van der Waals surface area contributed by atoms with Crippen molar-refractivity contribution in [3.05, 3.63) is 23.8 Å². The lowest BCUT2D eigenvalue weighted by Gasteiger charge is -2.19. The molecule has 0 unspecified atom stereocenters. The molecule has 1 rings (SSSR count). The largest absolute Gasteiger partial charge is 0.493 e. The third kappa shape index (κ3) is 5.51. The van der Waals surface area contributed by atoms with Gasteiger partial charge in [0.2, 0.25) is 0 Å². The van der Waals surface area contributed by atoms with E-state index in [2.05, 4.69) is 0 Å². The lowest BCUT2D eigenvalue weighted by atomic mass is 10.1. The first-order chi connectivity index (χ1) is 9.35. The molecule has 0 spiro atoms. The van der Waals surface area contributed by atoms with Gasteiger partial charge in [0.05, 0.1) is 14.2 Å².